The molecule has 3 N–H and O–H groups in total. The van der Waals surface area contributed by atoms with E-state index in [2.05, 4.69) is 4.72 Å². The van der Waals surface area contributed by atoms with Gasteiger partial charge in [-0.3, -0.25) is 4.72 Å². The zero-order valence-corrected chi connectivity index (χ0v) is 9.93. The van der Waals surface area contributed by atoms with Gasteiger partial charge in [-0.2, -0.15) is 0 Å². The van der Waals surface area contributed by atoms with Gasteiger partial charge in [-0.15, -0.1) is 0 Å². The lowest BCUT2D eigenvalue weighted by Gasteiger charge is -2.11. The highest BCUT2D eigenvalue weighted by molar-refractivity contribution is 7.92. The molecule has 1 atom stereocenters. The second-order valence-electron chi connectivity index (χ2n) is 3.74. The van der Waals surface area contributed by atoms with E-state index in [9.17, 15) is 8.42 Å². The summed E-state index contributed by atoms with van der Waals surface area (Å²) in [5, 5.41) is 0. The molecule has 0 saturated heterocycles. The van der Waals surface area contributed by atoms with Crippen molar-refractivity contribution >= 4 is 15.7 Å². The fraction of sp³-hybridized carbons (Fsp3) is 0.400. The summed E-state index contributed by atoms with van der Waals surface area (Å²) in [6.45, 7) is 3.73. The predicted molar refractivity (Wildman–Crippen MR) is 62.2 cm³/mol. The van der Waals surface area contributed by atoms with Gasteiger partial charge in [0.2, 0.25) is 10.0 Å². The van der Waals surface area contributed by atoms with E-state index in [0.717, 1.165) is 17.4 Å². The Labute approximate surface area is 90.5 Å². The summed E-state index contributed by atoms with van der Waals surface area (Å²) in [7, 11) is -3.21. The molecule has 1 aromatic rings. The third-order valence-electron chi connectivity index (χ3n) is 2.07. The molecule has 0 aliphatic carbocycles. The minimum Gasteiger partial charge on any atom is -0.324 e. The molecule has 0 aliphatic rings. The van der Waals surface area contributed by atoms with Crippen molar-refractivity contribution in [1.82, 2.24) is 0 Å². The van der Waals surface area contributed by atoms with Gasteiger partial charge in [0.05, 0.1) is 11.9 Å². The molecule has 5 heteroatoms. The molecule has 0 fully saturated rings. The Kier molecular flexibility index (Phi) is 3.36. The van der Waals surface area contributed by atoms with Crippen LogP contribution in [0.5, 0.6) is 0 Å². The topological polar surface area (TPSA) is 72.2 Å². The van der Waals surface area contributed by atoms with Crippen molar-refractivity contribution in [3.8, 4) is 0 Å². The number of nitrogens with one attached hydrogen (secondary N) is 1. The molecule has 0 spiro atoms. The number of hydrogen-bond acceptors (Lipinski definition) is 3. The van der Waals surface area contributed by atoms with Gasteiger partial charge in [0.15, 0.2) is 0 Å². The quantitative estimate of drug-likeness (QED) is 0.821. The van der Waals surface area contributed by atoms with Gasteiger partial charge < -0.3 is 5.73 Å². The summed E-state index contributed by atoms with van der Waals surface area (Å²) in [6.07, 6.45) is 1.13. The van der Waals surface area contributed by atoms with Crippen LogP contribution >= 0.6 is 0 Å². The number of anilines is 1. The third kappa shape index (κ3) is 3.53. The van der Waals surface area contributed by atoms with Gasteiger partial charge >= 0.3 is 0 Å². The number of aryl methyl sites for hydroxylation is 1. The summed E-state index contributed by atoms with van der Waals surface area (Å²) in [5.41, 5.74) is 8.18. The van der Waals surface area contributed by atoms with Gasteiger partial charge in [0, 0.05) is 6.04 Å². The Morgan fingerprint density at radius 2 is 2.00 bits per heavy atom. The first-order valence-corrected chi connectivity index (χ1v) is 6.52. The molecule has 0 bridgehead atoms. The number of hydrogen-bond donors (Lipinski definition) is 2. The molecule has 0 radical (unpaired) electrons. The van der Waals surface area contributed by atoms with Gasteiger partial charge in [-0.25, -0.2) is 8.42 Å². The molecule has 0 heterocycles. The van der Waals surface area contributed by atoms with E-state index in [1.165, 1.54) is 0 Å². The van der Waals surface area contributed by atoms with Crippen LogP contribution in [0.25, 0.3) is 0 Å². The molecule has 0 aliphatic heterocycles. The molecular weight excluding hydrogens is 212 g/mol. The molecule has 4 nitrogen and oxygen atoms in total. The minimum absolute atomic E-state index is 0.0454. The van der Waals surface area contributed by atoms with E-state index < -0.39 is 10.0 Å². The number of nitrogens with two attached hydrogens (primary N) is 1. The highest BCUT2D eigenvalue weighted by atomic mass is 32.2. The first-order chi connectivity index (χ1) is 6.79. The summed E-state index contributed by atoms with van der Waals surface area (Å²) < 4.78 is 24.5. The molecule has 0 aromatic heterocycles. The van der Waals surface area contributed by atoms with E-state index in [4.69, 9.17) is 5.73 Å². The molecule has 0 saturated carbocycles. The van der Waals surface area contributed by atoms with E-state index in [-0.39, 0.29) is 6.04 Å². The van der Waals surface area contributed by atoms with E-state index in [1.54, 1.807) is 6.07 Å². The molecule has 1 rings (SSSR count). The van der Waals surface area contributed by atoms with Crippen molar-refractivity contribution in [3.63, 3.8) is 0 Å². The average molecular weight is 228 g/mol. The number of sulfonamides is 1. The first kappa shape index (κ1) is 12.0. The summed E-state index contributed by atoms with van der Waals surface area (Å²) >= 11 is 0. The van der Waals surface area contributed by atoms with Crippen LogP contribution in [0.15, 0.2) is 18.2 Å². The fourth-order valence-corrected chi connectivity index (χ4v) is 1.91. The summed E-state index contributed by atoms with van der Waals surface area (Å²) in [6, 6.07) is 5.40. The van der Waals surface area contributed by atoms with E-state index in [0.29, 0.717) is 5.69 Å². The Bertz CT molecular complexity index is 452. The number of benzene rings is 1. The van der Waals surface area contributed by atoms with Crippen molar-refractivity contribution in [2.45, 2.75) is 19.9 Å². The average Bonchev–Trinajstić information content (AvgIpc) is 2.05. The zero-order chi connectivity index (χ0) is 11.6. The second kappa shape index (κ2) is 4.20. The van der Waals surface area contributed by atoms with Crippen molar-refractivity contribution < 1.29 is 8.42 Å². The normalized spacial score (nSPS) is 13.6. The molecule has 0 unspecified atom stereocenters. The SMILES string of the molecule is Cc1cc([C@@H](C)N)ccc1NS(C)(=O)=O. The standard InChI is InChI=1S/C10H16N2O2S/c1-7-6-9(8(2)11)4-5-10(7)12-15(3,13)14/h4-6,8,12H,11H2,1-3H3/t8-/m1/s1. The van der Waals surface area contributed by atoms with E-state index in [1.807, 2.05) is 26.0 Å². The maximum atomic E-state index is 11.0. The van der Waals surface area contributed by atoms with Crippen LogP contribution in [-0.2, 0) is 10.0 Å². The minimum atomic E-state index is -3.21. The summed E-state index contributed by atoms with van der Waals surface area (Å²) in [4.78, 5) is 0. The van der Waals surface area contributed by atoms with Crippen molar-refractivity contribution in [3.05, 3.63) is 29.3 Å². The maximum absolute atomic E-state index is 11.0. The highest BCUT2D eigenvalue weighted by Gasteiger charge is 2.06. The van der Waals surface area contributed by atoms with Crippen molar-refractivity contribution in [2.75, 3.05) is 11.0 Å². The smallest absolute Gasteiger partial charge is 0.229 e. The van der Waals surface area contributed by atoms with Crippen LogP contribution in [0, 0.1) is 6.92 Å². The van der Waals surface area contributed by atoms with Crippen LogP contribution in [-0.4, -0.2) is 14.7 Å². The molecule has 0 amide bonds. The Balaban J connectivity index is 3.04. The molecular formula is C10H16N2O2S. The Morgan fingerprint density at radius 3 is 2.40 bits per heavy atom. The van der Waals surface area contributed by atoms with Gasteiger partial charge in [0.25, 0.3) is 0 Å². The highest BCUT2D eigenvalue weighted by Crippen LogP contribution is 2.20. The zero-order valence-electron chi connectivity index (χ0n) is 9.11. The lowest BCUT2D eigenvalue weighted by atomic mass is 10.1. The van der Waals surface area contributed by atoms with Crippen LogP contribution in [0.2, 0.25) is 0 Å². The van der Waals surface area contributed by atoms with Gasteiger partial charge in [-0.1, -0.05) is 12.1 Å². The molecule has 15 heavy (non-hydrogen) atoms. The third-order valence-corrected chi connectivity index (χ3v) is 2.66. The van der Waals surface area contributed by atoms with Crippen LogP contribution < -0.4 is 10.5 Å². The molecule has 84 valence electrons. The first-order valence-electron chi connectivity index (χ1n) is 4.63. The lowest BCUT2D eigenvalue weighted by molar-refractivity contribution is 0.607. The molecule has 1 aromatic carbocycles. The fourth-order valence-electron chi connectivity index (χ4n) is 1.28. The predicted octanol–water partition coefficient (Wildman–Crippen LogP) is 1.39. The van der Waals surface area contributed by atoms with E-state index >= 15 is 0 Å². The Hall–Kier alpha value is -1.07. The van der Waals surface area contributed by atoms with Crippen LogP contribution in [0.4, 0.5) is 5.69 Å². The maximum Gasteiger partial charge on any atom is 0.229 e. The lowest BCUT2D eigenvalue weighted by Crippen LogP contribution is -2.11. The van der Waals surface area contributed by atoms with Crippen molar-refractivity contribution in [2.24, 2.45) is 5.73 Å². The largest absolute Gasteiger partial charge is 0.324 e. The van der Waals surface area contributed by atoms with Crippen molar-refractivity contribution in [1.29, 1.82) is 0 Å². The van der Waals surface area contributed by atoms with Gasteiger partial charge in [-0.05, 0) is 31.0 Å². The second-order valence-corrected chi connectivity index (χ2v) is 5.49. The Morgan fingerprint density at radius 1 is 1.40 bits per heavy atom. The van der Waals surface area contributed by atoms with Crippen LogP contribution in [0.3, 0.4) is 0 Å². The summed E-state index contributed by atoms with van der Waals surface area (Å²) in [5.74, 6) is 0. The van der Waals surface area contributed by atoms with Gasteiger partial charge in [0.1, 0.15) is 0 Å². The monoisotopic (exact) mass is 228 g/mol. The van der Waals surface area contributed by atoms with Crippen LogP contribution in [0.1, 0.15) is 24.1 Å². The number of rotatable bonds is 3.